The molecule has 0 aliphatic carbocycles. The molecule has 2 nitrogen and oxygen atoms in total. The monoisotopic (exact) mass is 206 g/mol. The van der Waals surface area contributed by atoms with Gasteiger partial charge in [0, 0.05) is 26.2 Å². The predicted octanol–water partition coefficient (Wildman–Crippen LogP) is 2.10. The Balaban J connectivity index is 2.50. The van der Waals surface area contributed by atoms with Crippen LogP contribution in [0.1, 0.15) is 19.4 Å². The van der Waals surface area contributed by atoms with Gasteiger partial charge in [0.1, 0.15) is 0 Å². The van der Waals surface area contributed by atoms with E-state index < -0.39 is 0 Å². The van der Waals surface area contributed by atoms with E-state index in [1.54, 1.807) is 0 Å². The molecular weight excluding hydrogens is 184 g/mol. The zero-order chi connectivity index (χ0) is 11.1. The van der Waals surface area contributed by atoms with Crippen molar-refractivity contribution in [3.63, 3.8) is 0 Å². The molecule has 0 aliphatic rings. The van der Waals surface area contributed by atoms with E-state index in [2.05, 4.69) is 49.1 Å². The Morgan fingerprint density at radius 1 is 1.20 bits per heavy atom. The molecule has 84 valence electrons. The van der Waals surface area contributed by atoms with Gasteiger partial charge in [-0.1, -0.05) is 44.2 Å². The summed E-state index contributed by atoms with van der Waals surface area (Å²) in [6, 6.07) is 10.6. The molecule has 1 rings (SSSR count). The molecule has 0 spiro atoms. The van der Waals surface area contributed by atoms with E-state index >= 15 is 0 Å². The van der Waals surface area contributed by atoms with E-state index in [0.717, 1.165) is 26.2 Å². The first kappa shape index (κ1) is 12.2. The van der Waals surface area contributed by atoms with Crippen molar-refractivity contribution in [2.45, 2.75) is 20.4 Å². The van der Waals surface area contributed by atoms with Crippen molar-refractivity contribution in [1.29, 1.82) is 0 Å². The highest BCUT2D eigenvalue weighted by Gasteiger charge is 2.06. The number of hydrogen-bond acceptors (Lipinski definition) is 2. The zero-order valence-corrected chi connectivity index (χ0v) is 9.82. The first-order chi connectivity index (χ1) is 7.22. The van der Waals surface area contributed by atoms with Crippen molar-refractivity contribution in [2.24, 2.45) is 11.7 Å². The minimum atomic E-state index is 0.695. The van der Waals surface area contributed by atoms with Gasteiger partial charge in [0.05, 0.1) is 0 Å². The first-order valence-corrected chi connectivity index (χ1v) is 5.68. The van der Waals surface area contributed by atoms with E-state index in [1.165, 1.54) is 5.56 Å². The smallest absolute Gasteiger partial charge is 0.0234 e. The molecule has 0 atom stereocenters. The molecule has 0 unspecified atom stereocenters. The summed E-state index contributed by atoms with van der Waals surface area (Å²) in [5.41, 5.74) is 6.98. The van der Waals surface area contributed by atoms with E-state index in [9.17, 15) is 0 Å². The average molecular weight is 206 g/mol. The summed E-state index contributed by atoms with van der Waals surface area (Å²) in [7, 11) is 0. The van der Waals surface area contributed by atoms with Crippen LogP contribution in [0.5, 0.6) is 0 Å². The summed E-state index contributed by atoms with van der Waals surface area (Å²) in [5, 5.41) is 0. The lowest BCUT2D eigenvalue weighted by Crippen LogP contribution is -2.32. The zero-order valence-electron chi connectivity index (χ0n) is 9.82. The molecule has 0 radical (unpaired) electrons. The van der Waals surface area contributed by atoms with Crippen molar-refractivity contribution >= 4 is 0 Å². The van der Waals surface area contributed by atoms with Gasteiger partial charge in [0.15, 0.2) is 0 Å². The lowest BCUT2D eigenvalue weighted by atomic mass is 10.1. The van der Waals surface area contributed by atoms with Crippen molar-refractivity contribution < 1.29 is 0 Å². The third-order valence-electron chi connectivity index (χ3n) is 2.32. The summed E-state index contributed by atoms with van der Waals surface area (Å²) < 4.78 is 0. The van der Waals surface area contributed by atoms with Gasteiger partial charge in [0.25, 0.3) is 0 Å². The molecule has 1 aromatic rings. The third kappa shape index (κ3) is 4.96. The van der Waals surface area contributed by atoms with Gasteiger partial charge >= 0.3 is 0 Å². The minimum absolute atomic E-state index is 0.695. The van der Waals surface area contributed by atoms with Crippen LogP contribution in [0.4, 0.5) is 0 Å². The van der Waals surface area contributed by atoms with Gasteiger partial charge in [-0.15, -0.1) is 0 Å². The maximum absolute atomic E-state index is 5.62. The number of nitrogens with two attached hydrogens (primary N) is 1. The fraction of sp³-hybridized carbons (Fsp3) is 0.538. The van der Waals surface area contributed by atoms with Crippen LogP contribution < -0.4 is 5.73 Å². The molecular formula is C13H22N2. The molecule has 2 heteroatoms. The molecule has 0 bridgehead atoms. The Morgan fingerprint density at radius 3 is 2.40 bits per heavy atom. The molecule has 0 heterocycles. The van der Waals surface area contributed by atoms with Crippen molar-refractivity contribution in [1.82, 2.24) is 4.90 Å². The van der Waals surface area contributed by atoms with Crippen LogP contribution in [0.3, 0.4) is 0 Å². The number of hydrogen-bond donors (Lipinski definition) is 1. The quantitative estimate of drug-likeness (QED) is 0.772. The minimum Gasteiger partial charge on any atom is -0.329 e. The van der Waals surface area contributed by atoms with E-state index in [1.807, 2.05) is 0 Å². The summed E-state index contributed by atoms with van der Waals surface area (Å²) in [6.07, 6.45) is 0. The van der Waals surface area contributed by atoms with Gasteiger partial charge in [-0.2, -0.15) is 0 Å². The molecule has 0 fully saturated rings. The average Bonchev–Trinajstić information content (AvgIpc) is 2.18. The molecule has 0 aliphatic heterocycles. The van der Waals surface area contributed by atoms with Crippen LogP contribution >= 0.6 is 0 Å². The summed E-state index contributed by atoms with van der Waals surface area (Å²) in [4.78, 5) is 2.42. The van der Waals surface area contributed by atoms with Crippen molar-refractivity contribution in [2.75, 3.05) is 19.6 Å². The first-order valence-electron chi connectivity index (χ1n) is 5.68. The van der Waals surface area contributed by atoms with Crippen LogP contribution in [0.2, 0.25) is 0 Å². The fourth-order valence-electron chi connectivity index (χ4n) is 1.78. The second-order valence-electron chi connectivity index (χ2n) is 4.40. The van der Waals surface area contributed by atoms with E-state index in [-0.39, 0.29) is 0 Å². The van der Waals surface area contributed by atoms with Gasteiger partial charge in [-0.05, 0) is 11.5 Å². The number of rotatable bonds is 6. The SMILES string of the molecule is CC(C)CN(CCN)Cc1ccccc1. The molecule has 0 amide bonds. The van der Waals surface area contributed by atoms with Crippen molar-refractivity contribution in [3.8, 4) is 0 Å². The Kier molecular flexibility index (Phi) is 5.37. The van der Waals surface area contributed by atoms with Gasteiger partial charge in [-0.3, -0.25) is 4.90 Å². The maximum Gasteiger partial charge on any atom is 0.0234 e. The molecule has 0 saturated heterocycles. The fourth-order valence-corrected chi connectivity index (χ4v) is 1.78. The number of nitrogens with zero attached hydrogens (tertiary/aromatic N) is 1. The van der Waals surface area contributed by atoms with E-state index in [4.69, 9.17) is 5.73 Å². The Bertz CT molecular complexity index is 256. The second-order valence-corrected chi connectivity index (χ2v) is 4.40. The molecule has 2 N–H and O–H groups in total. The highest BCUT2D eigenvalue weighted by molar-refractivity contribution is 5.14. The Morgan fingerprint density at radius 2 is 1.87 bits per heavy atom. The lowest BCUT2D eigenvalue weighted by Gasteiger charge is -2.23. The summed E-state index contributed by atoms with van der Waals surface area (Å²) in [5.74, 6) is 0.695. The molecule has 1 aromatic carbocycles. The predicted molar refractivity (Wildman–Crippen MR) is 65.6 cm³/mol. The van der Waals surface area contributed by atoms with Crippen LogP contribution in [-0.4, -0.2) is 24.5 Å². The van der Waals surface area contributed by atoms with Crippen LogP contribution in [0.25, 0.3) is 0 Å². The normalized spacial score (nSPS) is 11.3. The Hall–Kier alpha value is -0.860. The second kappa shape index (κ2) is 6.59. The van der Waals surface area contributed by atoms with Crippen LogP contribution in [0.15, 0.2) is 30.3 Å². The van der Waals surface area contributed by atoms with Crippen LogP contribution in [-0.2, 0) is 6.54 Å². The third-order valence-corrected chi connectivity index (χ3v) is 2.32. The Labute approximate surface area is 93.1 Å². The van der Waals surface area contributed by atoms with Crippen LogP contribution in [0, 0.1) is 5.92 Å². The topological polar surface area (TPSA) is 29.3 Å². The summed E-state index contributed by atoms with van der Waals surface area (Å²) >= 11 is 0. The lowest BCUT2D eigenvalue weighted by molar-refractivity contribution is 0.242. The van der Waals surface area contributed by atoms with Gasteiger partial charge in [0.2, 0.25) is 0 Å². The number of benzene rings is 1. The maximum atomic E-state index is 5.62. The standard InChI is InChI=1S/C13H22N2/c1-12(2)10-15(9-8-14)11-13-6-4-3-5-7-13/h3-7,12H,8-11,14H2,1-2H3. The van der Waals surface area contributed by atoms with E-state index in [0.29, 0.717) is 5.92 Å². The van der Waals surface area contributed by atoms with Gasteiger partial charge in [-0.25, -0.2) is 0 Å². The molecule has 0 aromatic heterocycles. The largest absolute Gasteiger partial charge is 0.329 e. The summed E-state index contributed by atoms with van der Waals surface area (Å²) in [6.45, 7) is 8.33. The highest BCUT2D eigenvalue weighted by Crippen LogP contribution is 2.06. The van der Waals surface area contributed by atoms with Gasteiger partial charge < -0.3 is 5.73 Å². The molecule has 0 saturated carbocycles. The van der Waals surface area contributed by atoms with Crippen molar-refractivity contribution in [3.05, 3.63) is 35.9 Å². The highest BCUT2D eigenvalue weighted by atomic mass is 15.1. The molecule has 15 heavy (non-hydrogen) atoms.